The molecule has 4 fully saturated rings. The molecule has 2 bridgehead atoms. The van der Waals surface area contributed by atoms with Crippen LogP contribution < -0.4 is 10.2 Å². The van der Waals surface area contributed by atoms with E-state index in [0.29, 0.717) is 6.04 Å². The molecular formula is C17H26N4. The fourth-order valence-electron chi connectivity index (χ4n) is 4.12. The van der Waals surface area contributed by atoms with Crippen LogP contribution in [-0.4, -0.2) is 48.6 Å². The van der Waals surface area contributed by atoms with Crippen LogP contribution in [0.1, 0.15) is 32.1 Å². The zero-order chi connectivity index (χ0) is 14.1. The monoisotopic (exact) mass is 286 g/mol. The molecule has 21 heavy (non-hydrogen) atoms. The SMILES string of the molecule is c1cc(N2CCCCC2)ncc1NC1CN2CCC1CC2. The van der Waals surface area contributed by atoms with Gasteiger partial charge < -0.3 is 15.1 Å². The Morgan fingerprint density at radius 3 is 2.43 bits per heavy atom. The molecule has 0 aromatic carbocycles. The highest BCUT2D eigenvalue weighted by atomic mass is 15.2. The lowest BCUT2D eigenvalue weighted by Crippen LogP contribution is -2.53. The van der Waals surface area contributed by atoms with Gasteiger partial charge in [-0.1, -0.05) is 0 Å². The molecule has 0 saturated carbocycles. The largest absolute Gasteiger partial charge is 0.379 e. The maximum absolute atomic E-state index is 4.68. The lowest BCUT2D eigenvalue weighted by Gasteiger charge is -2.45. The summed E-state index contributed by atoms with van der Waals surface area (Å²) in [4.78, 5) is 9.69. The van der Waals surface area contributed by atoms with Crippen molar-refractivity contribution in [2.24, 2.45) is 5.92 Å². The third kappa shape index (κ3) is 2.86. The predicted octanol–water partition coefficient (Wildman–Crippen LogP) is 2.58. The summed E-state index contributed by atoms with van der Waals surface area (Å²) in [5, 5.41) is 3.72. The highest BCUT2D eigenvalue weighted by molar-refractivity contribution is 5.49. The molecule has 4 aliphatic rings. The van der Waals surface area contributed by atoms with Gasteiger partial charge in [0.25, 0.3) is 0 Å². The standard InChI is InChI=1S/C17H26N4/c1-2-8-21(9-3-1)17-5-4-15(12-18-17)19-16-13-20-10-6-14(16)7-11-20/h4-5,12,14,16,19H,1-3,6-11,13H2. The van der Waals surface area contributed by atoms with E-state index in [9.17, 15) is 0 Å². The molecule has 0 aliphatic carbocycles. The summed E-state index contributed by atoms with van der Waals surface area (Å²) in [5.41, 5.74) is 1.19. The Balaban J connectivity index is 1.39. The van der Waals surface area contributed by atoms with Gasteiger partial charge in [-0.3, -0.25) is 0 Å². The quantitative estimate of drug-likeness (QED) is 0.925. The number of fused-ring (bicyclic) bond motifs is 3. The van der Waals surface area contributed by atoms with Gasteiger partial charge >= 0.3 is 0 Å². The first-order valence-electron chi connectivity index (χ1n) is 8.58. The molecule has 4 nitrogen and oxygen atoms in total. The van der Waals surface area contributed by atoms with E-state index in [1.165, 1.54) is 70.5 Å². The van der Waals surface area contributed by atoms with E-state index >= 15 is 0 Å². The summed E-state index contributed by atoms with van der Waals surface area (Å²) in [6, 6.07) is 5.03. The zero-order valence-electron chi connectivity index (χ0n) is 12.8. The maximum Gasteiger partial charge on any atom is 0.128 e. The molecule has 1 atom stereocenters. The summed E-state index contributed by atoms with van der Waals surface area (Å²) >= 11 is 0. The average molecular weight is 286 g/mol. The molecule has 5 rings (SSSR count). The molecule has 1 aromatic heterocycles. The van der Waals surface area contributed by atoms with Gasteiger partial charge in [-0.2, -0.15) is 0 Å². The highest BCUT2D eigenvalue weighted by Gasteiger charge is 2.33. The first-order valence-corrected chi connectivity index (χ1v) is 8.58. The third-order valence-corrected chi connectivity index (χ3v) is 5.44. The first kappa shape index (κ1) is 13.4. The molecule has 4 saturated heterocycles. The Bertz CT molecular complexity index is 458. The molecule has 1 unspecified atom stereocenters. The fraction of sp³-hybridized carbons (Fsp3) is 0.706. The Morgan fingerprint density at radius 2 is 1.81 bits per heavy atom. The summed E-state index contributed by atoms with van der Waals surface area (Å²) < 4.78 is 0. The van der Waals surface area contributed by atoms with E-state index in [2.05, 4.69) is 32.2 Å². The van der Waals surface area contributed by atoms with Gasteiger partial charge in [0, 0.05) is 25.7 Å². The predicted molar refractivity (Wildman–Crippen MR) is 86.9 cm³/mol. The molecule has 0 amide bonds. The molecule has 1 aromatic rings. The minimum absolute atomic E-state index is 0.620. The summed E-state index contributed by atoms with van der Waals surface area (Å²) in [7, 11) is 0. The maximum atomic E-state index is 4.68. The second-order valence-corrected chi connectivity index (χ2v) is 6.84. The number of anilines is 2. The minimum atomic E-state index is 0.620. The van der Waals surface area contributed by atoms with Gasteiger partial charge in [0.15, 0.2) is 0 Å². The van der Waals surface area contributed by atoms with Crippen LogP contribution in [0.3, 0.4) is 0 Å². The van der Waals surface area contributed by atoms with Crippen molar-refractivity contribution in [2.75, 3.05) is 42.9 Å². The molecule has 0 spiro atoms. The molecule has 4 heteroatoms. The van der Waals surface area contributed by atoms with Crippen molar-refractivity contribution in [2.45, 2.75) is 38.1 Å². The second kappa shape index (κ2) is 5.84. The number of aromatic nitrogens is 1. The zero-order valence-corrected chi connectivity index (χ0v) is 12.8. The van der Waals surface area contributed by atoms with Crippen molar-refractivity contribution in [3.8, 4) is 0 Å². The number of pyridine rings is 1. The van der Waals surface area contributed by atoms with E-state index in [1.807, 2.05) is 6.20 Å². The molecule has 0 radical (unpaired) electrons. The Morgan fingerprint density at radius 1 is 1.00 bits per heavy atom. The van der Waals surface area contributed by atoms with Crippen LogP contribution in [0.15, 0.2) is 18.3 Å². The summed E-state index contributed by atoms with van der Waals surface area (Å²) in [5.74, 6) is 2.01. The molecule has 1 N–H and O–H groups in total. The Kier molecular flexibility index (Phi) is 3.72. The summed E-state index contributed by atoms with van der Waals surface area (Å²) in [6.45, 7) is 6.14. The van der Waals surface area contributed by atoms with Crippen molar-refractivity contribution in [1.29, 1.82) is 0 Å². The summed E-state index contributed by atoms with van der Waals surface area (Å²) in [6.07, 6.45) is 8.73. The van der Waals surface area contributed by atoms with Gasteiger partial charge in [-0.15, -0.1) is 0 Å². The van der Waals surface area contributed by atoms with Crippen LogP contribution in [0.2, 0.25) is 0 Å². The van der Waals surface area contributed by atoms with Crippen molar-refractivity contribution < 1.29 is 0 Å². The van der Waals surface area contributed by atoms with Crippen molar-refractivity contribution in [1.82, 2.24) is 9.88 Å². The molecule has 114 valence electrons. The second-order valence-electron chi connectivity index (χ2n) is 6.84. The Hall–Kier alpha value is -1.29. The van der Waals surface area contributed by atoms with Gasteiger partial charge in [-0.25, -0.2) is 4.98 Å². The van der Waals surface area contributed by atoms with Crippen molar-refractivity contribution in [3.63, 3.8) is 0 Å². The molecule has 4 aliphatic heterocycles. The minimum Gasteiger partial charge on any atom is -0.379 e. The van der Waals surface area contributed by atoms with Gasteiger partial charge in [0.2, 0.25) is 0 Å². The van der Waals surface area contributed by atoms with Crippen LogP contribution in [0.5, 0.6) is 0 Å². The first-order chi connectivity index (χ1) is 10.4. The van der Waals surface area contributed by atoms with Crippen LogP contribution in [0.25, 0.3) is 0 Å². The number of hydrogen-bond donors (Lipinski definition) is 1. The van der Waals surface area contributed by atoms with E-state index < -0.39 is 0 Å². The highest BCUT2D eigenvalue weighted by Crippen LogP contribution is 2.30. The number of hydrogen-bond acceptors (Lipinski definition) is 4. The molecule has 5 heterocycles. The third-order valence-electron chi connectivity index (χ3n) is 5.44. The average Bonchev–Trinajstić information content (AvgIpc) is 2.57. The van der Waals surface area contributed by atoms with Crippen LogP contribution in [0, 0.1) is 5.92 Å². The van der Waals surface area contributed by atoms with E-state index in [-0.39, 0.29) is 0 Å². The van der Waals surface area contributed by atoms with Gasteiger partial charge in [-0.05, 0) is 63.2 Å². The van der Waals surface area contributed by atoms with Crippen LogP contribution in [0.4, 0.5) is 11.5 Å². The number of nitrogens with one attached hydrogen (secondary N) is 1. The van der Waals surface area contributed by atoms with Crippen LogP contribution in [-0.2, 0) is 0 Å². The fourth-order valence-corrected chi connectivity index (χ4v) is 4.12. The van der Waals surface area contributed by atoms with Gasteiger partial charge in [0.05, 0.1) is 11.9 Å². The lowest BCUT2D eigenvalue weighted by molar-refractivity contribution is 0.0975. The topological polar surface area (TPSA) is 31.4 Å². The lowest BCUT2D eigenvalue weighted by atomic mass is 9.84. The van der Waals surface area contributed by atoms with Crippen LogP contribution >= 0.6 is 0 Å². The smallest absolute Gasteiger partial charge is 0.128 e. The number of nitrogens with zero attached hydrogens (tertiary/aromatic N) is 3. The normalized spacial score (nSPS) is 32.2. The van der Waals surface area contributed by atoms with Crippen molar-refractivity contribution >= 4 is 11.5 Å². The van der Waals surface area contributed by atoms with Gasteiger partial charge in [0.1, 0.15) is 5.82 Å². The Labute approximate surface area is 127 Å². The number of rotatable bonds is 3. The number of piperidine rings is 4. The molecular weight excluding hydrogens is 260 g/mol. The van der Waals surface area contributed by atoms with Crippen molar-refractivity contribution in [3.05, 3.63) is 18.3 Å². The van der Waals surface area contributed by atoms with E-state index in [4.69, 9.17) is 0 Å². The van der Waals surface area contributed by atoms with E-state index in [0.717, 1.165) is 11.7 Å². The van der Waals surface area contributed by atoms with E-state index in [1.54, 1.807) is 0 Å².